The summed E-state index contributed by atoms with van der Waals surface area (Å²) in [5, 5.41) is 0. The first-order valence-corrected chi connectivity index (χ1v) is 6.79. The molecule has 0 aliphatic rings. The molecule has 5 heteroatoms. The van der Waals surface area contributed by atoms with Gasteiger partial charge in [0.25, 0.3) is 0 Å². The molecule has 1 rings (SSSR count). The number of nitrogens with zero attached hydrogens (tertiary/aromatic N) is 1. The monoisotopic (exact) mass is 257 g/mol. The molecule has 0 radical (unpaired) electrons. The number of benzene rings is 1. The lowest BCUT2D eigenvalue weighted by Crippen LogP contribution is -2.10. The highest BCUT2D eigenvalue weighted by molar-refractivity contribution is 7.87. The summed E-state index contributed by atoms with van der Waals surface area (Å²) >= 11 is 0. The van der Waals surface area contributed by atoms with Gasteiger partial charge in [0.15, 0.2) is 0 Å². The van der Waals surface area contributed by atoms with Crippen LogP contribution in [0.25, 0.3) is 0 Å². The Hall–Kier alpha value is -1.23. The summed E-state index contributed by atoms with van der Waals surface area (Å²) in [5.41, 5.74) is 1.83. The van der Waals surface area contributed by atoms with Crippen LogP contribution in [-0.2, 0) is 15.6 Å². The zero-order valence-electron chi connectivity index (χ0n) is 10.1. The minimum absolute atomic E-state index is 0.0600. The zero-order chi connectivity index (χ0) is 13.1. The minimum atomic E-state index is -4.47. The van der Waals surface area contributed by atoms with Gasteiger partial charge in [-0.1, -0.05) is 32.9 Å². The van der Waals surface area contributed by atoms with E-state index < -0.39 is 16.0 Å². The molecular weight excluding hydrogens is 241 g/mol. The fraction of sp³-hybridized carbons (Fsp3) is 0.417. The van der Waals surface area contributed by atoms with Crippen LogP contribution in [0.5, 0.6) is 0 Å². The highest BCUT2D eigenvalue weighted by Crippen LogP contribution is 2.24. The molecule has 0 atom stereocenters. The second kappa shape index (κ2) is 4.96. The van der Waals surface area contributed by atoms with Crippen LogP contribution in [0.3, 0.4) is 0 Å². The molecule has 0 heterocycles. The molecule has 0 aliphatic heterocycles. The molecule has 3 nitrogen and oxygen atoms in total. The lowest BCUT2D eigenvalue weighted by Gasteiger charge is -2.18. The van der Waals surface area contributed by atoms with Crippen molar-refractivity contribution in [1.29, 1.82) is 0 Å². The summed E-state index contributed by atoms with van der Waals surface area (Å²) in [7, 11) is -4.47. The van der Waals surface area contributed by atoms with Crippen molar-refractivity contribution >= 4 is 22.1 Å². The predicted molar refractivity (Wildman–Crippen MR) is 68.2 cm³/mol. The van der Waals surface area contributed by atoms with Gasteiger partial charge >= 0.3 is 10.2 Å². The Bertz CT molecular complexity index is 498. The van der Waals surface area contributed by atoms with Crippen molar-refractivity contribution in [2.45, 2.75) is 26.2 Å². The van der Waals surface area contributed by atoms with Gasteiger partial charge in [-0.25, -0.2) is 0 Å². The number of aliphatic imine (C=N–C) groups is 1. The number of rotatable bonds is 3. The first-order chi connectivity index (χ1) is 7.68. The molecule has 94 valence electrons. The summed E-state index contributed by atoms with van der Waals surface area (Å²) in [5.74, 6) is -0.686. The largest absolute Gasteiger partial charge is 0.307 e. The second-order valence-corrected chi connectivity index (χ2v) is 6.23. The van der Waals surface area contributed by atoms with Crippen molar-refractivity contribution < 1.29 is 12.3 Å². The maximum Gasteiger partial charge on any atom is 0.307 e. The summed E-state index contributed by atoms with van der Waals surface area (Å²) in [6, 6.07) is 7.41. The van der Waals surface area contributed by atoms with Crippen molar-refractivity contribution in [3.8, 4) is 0 Å². The van der Waals surface area contributed by atoms with Crippen LogP contribution in [-0.4, -0.2) is 20.4 Å². The fourth-order valence-corrected chi connectivity index (χ4v) is 1.53. The smallest absolute Gasteiger partial charge is 0.260 e. The Labute approximate surface area is 102 Å². The van der Waals surface area contributed by atoms with Gasteiger partial charge < -0.3 is 0 Å². The number of hydrogen-bond donors (Lipinski definition) is 0. The van der Waals surface area contributed by atoms with Gasteiger partial charge in [0.2, 0.25) is 0 Å². The molecule has 17 heavy (non-hydrogen) atoms. The summed E-state index contributed by atoms with van der Waals surface area (Å²) in [6.07, 6.45) is 1.06. The predicted octanol–water partition coefficient (Wildman–Crippen LogP) is 2.99. The maximum atomic E-state index is 12.2. The molecule has 1 aromatic rings. The average Bonchev–Trinajstić information content (AvgIpc) is 2.15. The van der Waals surface area contributed by atoms with Crippen LogP contribution in [0, 0.1) is 0 Å². The van der Waals surface area contributed by atoms with E-state index in [0.29, 0.717) is 5.69 Å². The molecule has 0 aromatic heterocycles. The quantitative estimate of drug-likeness (QED) is 0.617. The molecule has 0 saturated carbocycles. The summed E-state index contributed by atoms with van der Waals surface area (Å²) < 4.78 is 32.7. The third kappa shape index (κ3) is 5.08. The Kier molecular flexibility index (Phi) is 4.03. The molecular formula is C12H16FNO2S. The SMILES string of the molecule is CC(C)(C)c1ccc(N=CCS(=O)(=O)F)cc1. The van der Waals surface area contributed by atoms with E-state index in [0.717, 1.165) is 11.8 Å². The van der Waals surface area contributed by atoms with Crippen molar-refractivity contribution in [2.24, 2.45) is 4.99 Å². The minimum Gasteiger partial charge on any atom is -0.260 e. The molecule has 0 bridgehead atoms. The topological polar surface area (TPSA) is 46.5 Å². The van der Waals surface area contributed by atoms with Gasteiger partial charge in [0.1, 0.15) is 5.75 Å². The van der Waals surface area contributed by atoms with Crippen LogP contribution >= 0.6 is 0 Å². The standard InChI is InChI=1S/C12H16FNO2S/c1-12(2,3)10-4-6-11(7-5-10)14-8-9-17(13,15)16/h4-8H,9H2,1-3H3. The Balaban J connectivity index is 2.76. The highest BCUT2D eigenvalue weighted by Gasteiger charge is 2.12. The number of halogens is 1. The molecule has 0 N–H and O–H groups in total. The van der Waals surface area contributed by atoms with Crippen molar-refractivity contribution in [3.05, 3.63) is 29.8 Å². The van der Waals surface area contributed by atoms with Gasteiger partial charge in [-0.2, -0.15) is 8.42 Å². The fourth-order valence-electron chi connectivity index (χ4n) is 1.28. The Morgan fingerprint density at radius 1 is 1.24 bits per heavy atom. The Morgan fingerprint density at radius 2 is 1.76 bits per heavy atom. The van der Waals surface area contributed by atoms with E-state index in [1.165, 1.54) is 0 Å². The van der Waals surface area contributed by atoms with E-state index in [2.05, 4.69) is 25.8 Å². The van der Waals surface area contributed by atoms with Crippen LogP contribution in [0.1, 0.15) is 26.3 Å². The molecule has 0 saturated heterocycles. The van der Waals surface area contributed by atoms with E-state index in [1.54, 1.807) is 12.1 Å². The van der Waals surface area contributed by atoms with Crippen LogP contribution < -0.4 is 0 Å². The lowest BCUT2D eigenvalue weighted by atomic mass is 9.87. The van der Waals surface area contributed by atoms with E-state index >= 15 is 0 Å². The molecule has 0 unspecified atom stereocenters. The molecule has 0 aliphatic carbocycles. The number of hydrogen-bond acceptors (Lipinski definition) is 3. The van der Waals surface area contributed by atoms with Gasteiger partial charge in [0.05, 0.1) is 5.69 Å². The van der Waals surface area contributed by atoms with E-state index in [1.807, 2.05) is 12.1 Å². The first kappa shape index (κ1) is 13.8. The third-order valence-corrected chi connectivity index (χ3v) is 2.79. The molecule has 1 aromatic carbocycles. The van der Waals surface area contributed by atoms with Crippen molar-refractivity contribution in [1.82, 2.24) is 0 Å². The van der Waals surface area contributed by atoms with Crippen LogP contribution in [0.2, 0.25) is 0 Å². The summed E-state index contributed by atoms with van der Waals surface area (Å²) in [4.78, 5) is 3.87. The van der Waals surface area contributed by atoms with E-state index in [4.69, 9.17) is 0 Å². The van der Waals surface area contributed by atoms with Gasteiger partial charge in [-0.05, 0) is 23.1 Å². The Morgan fingerprint density at radius 3 is 2.18 bits per heavy atom. The van der Waals surface area contributed by atoms with E-state index in [9.17, 15) is 12.3 Å². The third-order valence-electron chi connectivity index (χ3n) is 2.25. The van der Waals surface area contributed by atoms with Crippen molar-refractivity contribution in [3.63, 3.8) is 0 Å². The lowest BCUT2D eigenvalue weighted by molar-refractivity contribution is 0.557. The first-order valence-electron chi connectivity index (χ1n) is 5.24. The highest BCUT2D eigenvalue weighted by atomic mass is 32.3. The molecule has 0 fully saturated rings. The summed E-state index contributed by atoms with van der Waals surface area (Å²) in [6.45, 7) is 6.29. The second-order valence-electron chi connectivity index (χ2n) is 4.81. The normalized spacial score (nSPS) is 13.2. The van der Waals surface area contributed by atoms with Gasteiger partial charge in [-0.15, -0.1) is 3.89 Å². The molecule has 0 amide bonds. The van der Waals surface area contributed by atoms with Crippen LogP contribution in [0.15, 0.2) is 29.3 Å². The van der Waals surface area contributed by atoms with E-state index in [-0.39, 0.29) is 5.41 Å². The maximum absolute atomic E-state index is 12.2. The van der Waals surface area contributed by atoms with Crippen molar-refractivity contribution in [2.75, 3.05) is 5.75 Å². The molecule has 0 spiro atoms. The van der Waals surface area contributed by atoms with Crippen LogP contribution in [0.4, 0.5) is 9.57 Å². The zero-order valence-corrected chi connectivity index (χ0v) is 11.0. The van der Waals surface area contributed by atoms with Gasteiger partial charge in [0, 0.05) is 6.21 Å². The average molecular weight is 257 g/mol. The van der Waals surface area contributed by atoms with Gasteiger partial charge in [-0.3, -0.25) is 4.99 Å².